The molecule has 0 fully saturated rings. The summed E-state index contributed by atoms with van der Waals surface area (Å²) in [4.78, 5) is 12.2. The lowest BCUT2D eigenvalue weighted by molar-refractivity contribution is 0.0600. The summed E-state index contributed by atoms with van der Waals surface area (Å²) < 4.78 is 7.27. The number of hydrogen-bond acceptors (Lipinski definition) is 3. The molecule has 4 rings (SSSR count). The fraction of sp³-hybridized carbons (Fsp3) is 0.150. The number of esters is 1. The number of hydrogen-bond donors (Lipinski definition) is 0. The topological polar surface area (TPSA) is 31.2 Å². The van der Waals surface area contributed by atoms with E-state index in [2.05, 4.69) is 41.0 Å². The first-order valence-electron chi connectivity index (χ1n) is 7.84. The molecular weight excluding hydrogens is 318 g/mol. The second-order valence-corrected chi connectivity index (χ2v) is 6.76. The van der Waals surface area contributed by atoms with E-state index in [4.69, 9.17) is 4.74 Å². The molecule has 0 N–H and O–H groups in total. The maximum Gasteiger partial charge on any atom is 0.339 e. The van der Waals surface area contributed by atoms with Gasteiger partial charge in [-0.2, -0.15) is 0 Å². The van der Waals surface area contributed by atoms with Gasteiger partial charge < -0.3 is 9.30 Å². The van der Waals surface area contributed by atoms with Gasteiger partial charge in [-0.15, -0.1) is 11.8 Å². The summed E-state index contributed by atoms with van der Waals surface area (Å²) in [6.45, 7) is 0. The SMILES string of the molecule is COC(=O)c1cc(-c2ccccc2)n2c1CS[C@H]2c1ccccc1. The summed E-state index contributed by atoms with van der Waals surface area (Å²) in [6.07, 6.45) is 0. The average Bonchev–Trinajstić information content (AvgIpc) is 3.23. The van der Waals surface area contributed by atoms with Crippen LogP contribution in [0.4, 0.5) is 0 Å². The second-order valence-electron chi connectivity index (χ2n) is 5.69. The maximum absolute atomic E-state index is 12.2. The molecule has 0 radical (unpaired) electrons. The van der Waals surface area contributed by atoms with Crippen LogP contribution in [0.2, 0.25) is 0 Å². The Morgan fingerprint density at radius 3 is 2.42 bits per heavy atom. The highest BCUT2D eigenvalue weighted by molar-refractivity contribution is 7.99. The Hall–Kier alpha value is -2.46. The Bertz CT molecular complexity index is 871. The smallest absolute Gasteiger partial charge is 0.339 e. The molecule has 2 heterocycles. The zero-order chi connectivity index (χ0) is 16.5. The van der Waals surface area contributed by atoms with E-state index in [1.165, 1.54) is 12.7 Å². The van der Waals surface area contributed by atoms with E-state index in [1.807, 2.05) is 42.1 Å². The van der Waals surface area contributed by atoms with E-state index >= 15 is 0 Å². The lowest BCUT2D eigenvalue weighted by atomic mass is 10.1. The van der Waals surface area contributed by atoms with Crippen LogP contribution in [0.5, 0.6) is 0 Å². The van der Waals surface area contributed by atoms with Gasteiger partial charge >= 0.3 is 5.97 Å². The number of nitrogens with zero attached hydrogens (tertiary/aromatic N) is 1. The molecule has 0 bridgehead atoms. The first-order valence-corrected chi connectivity index (χ1v) is 8.89. The lowest BCUT2D eigenvalue weighted by Gasteiger charge is -2.17. The maximum atomic E-state index is 12.2. The average molecular weight is 335 g/mol. The molecule has 0 amide bonds. The third-order valence-electron chi connectivity index (χ3n) is 4.31. The van der Waals surface area contributed by atoms with Crippen molar-refractivity contribution < 1.29 is 9.53 Å². The number of methoxy groups -OCH3 is 1. The van der Waals surface area contributed by atoms with E-state index in [-0.39, 0.29) is 11.3 Å². The number of aromatic nitrogens is 1. The molecule has 24 heavy (non-hydrogen) atoms. The van der Waals surface area contributed by atoms with Gasteiger partial charge in [0.1, 0.15) is 5.37 Å². The standard InChI is InChI=1S/C20H17NO2S/c1-23-20(22)16-12-17(14-8-4-2-5-9-14)21-18(16)13-24-19(21)15-10-6-3-7-11-15/h2-12,19H,13H2,1H3/t19-/m0/s1. The van der Waals surface area contributed by atoms with Crippen molar-refractivity contribution in [2.45, 2.75) is 11.1 Å². The minimum absolute atomic E-state index is 0.176. The molecule has 1 atom stereocenters. The number of fused-ring (bicyclic) bond motifs is 1. The van der Waals surface area contributed by atoms with E-state index in [0.717, 1.165) is 22.7 Å². The van der Waals surface area contributed by atoms with Gasteiger partial charge in [0.25, 0.3) is 0 Å². The van der Waals surface area contributed by atoms with Gasteiger partial charge in [0.2, 0.25) is 0 Å². The zero-order valence-electron chi connectivity index (χ0n) is 13.3. The third kappa shape index (κ3) is 2.43. The van der Waals surface area contributed by atoms with Crippen molar-refractivity contribution in [1.29, 1.82) is 0 Å². The van der Waals surface area contributed by atoms with Crippen LogP contribution in [-0.4, -0.2) is 17.6 Å². The summed E-state index contributed by atoms with van der Waals surface area (Å²) >= 11 is 1.84. The Balaban J connectivity index is 1.91. The number of benzene rings is 2. The van der Waals surface area contributed by atoms with Crippen molar-refractivity contribution in [3.8, 4) is 11.3 Å². The number of carbonyl (C=O) groups excluding carboxylic acids is 1. The fourth-order valence-electron chi connectivity index (χ4n) is 3.19. The highest BCUT2D eigenvalue weighted by atomic mass is 32.2. The molecule has 2 aromatic carbocycles. The Morgan fingerprint density at radius 1 is 1.08 bits per heavy atom. The van der Waals surface area contributed by atoms with Gasteiger partial charge in [0.05, 0.1) is 18.4 Å². The number of ether oxygens (including phenoxy) is 1. The fourth-order valence-corrected chi connectivity index (χ4v) is 4.54. The first kappa shape index (κ1) is 15.1. The van der Waals surface area contributed by atoms with E-state index in [1.54, 1.807) is 0 Å². The summed E-state index contributed by atoms with van der Waals surface area (Å²) in [7, 11) is 1.44. The van der Waals surface area contributed by atoms with Crippen LogP contribution < -0.4 is 0 Å². The number of rotatable bonds is 3. The van der Waals surface area contributed by atoms with Crippen LogP contribution >= 0.6 is 11.8 Å². The zero-order valence-corrected chi connectivity index (χ0v) is 14.1. The van der Waals surface area contributed by atoms with Gasteiger partial charge in [0.15, 0.2) is 0 Å². The third-order valence-corrected chi connectivity index (χ3v) is 5.55. The minimum Gasteiger partial charge on any atom is -0.465 e. The molecule has 1 aliphatic heterocycles. The minimum atomic E-state index is -0.268. The van der Waals surface area contributed by atoms with Gasteiger partial charge in [-0.25, -0.2) is 4.79 Å². The van der Waals surface area contributed by atoms with Crippen molar-refractivity contribution in [3.63, 3.8) is 0 Å². The summed E-state index contributed by atoms with van der Waals surface area (Å²) in [6, 6.07) is 22.6. The Labute approximate surface area is 145 Å². The molecule has 0 aliphatic carbocycles. The van der Waals surface area contributed by atoms with E-state index in [0.29, 0.717) is 5.56 Å². The van der Waals surface area contributed by atoms with Crippen LogP contribution in [0, 0.1) is 0 Å². The lowest BCUT2D eigenvalue weighted by Crippen LogP contribution is -2.06. The highest BCUT2D eigenvalue weighted by Crippen LogP contribution is 2.46. The predicted molar refractivity (Wildman–Crippen MR) is 97.1 cm³/mol. The van der Waals surface area contributed by atoms with Crippen molar-refractivity contribution in [2.75, 3.05) is 7.11 Å². The monoisotopic (exact) mass is 335 g/mol. The molecule has 0 saturated carbocycles. The normalized spacial score (nSPS) is 16.0. The summed E-state index contributed by atoms with van der Waals surface area (Å²) in [5.41, 5.74) is 5.12. The quantitative estimate of drug-likeness (QED) is 0.648. The largest absolute Gasteiger partial charge is 0.465 e. The highest BCUT2D eigenvalue weighted by Gasteiger charge is 2.32. The Kier molecular flexibility index (Phi) is 3.90. The van der Waals surface area contributed by atoms with Gasteiger partial charge in [-0.05, 0) is 17.2 Å². The summed E-state index contributed by atoms with van der Waals surface area (Å²) in [5, 5.41) is 0.176. The van der Waals surface area contributed by atoms with Gasteiger partial charge in [-0.3, -0.25) is 0 Å². The van der Waals surface area contributed by atoms with Crippen molar-refractivity contribution in [3.05, 3.63) is 83.6 Å². The molecule has 0 unspecified atom stereocenters. The molecule has 120 valence electrons. The van der Waals surface area contributed by atoms with Crippen LogP contribution in [0.1, 0.15) is 27.0 Å². The molecule has 1 aliphatic rings. The van der Waals surface area contributed by atoms with Crippen LogP contribution in [0.3, 0.4) is 0 Å². The van der Waals surface area contributed by atoms with Gasteiger partial charge in [-0.1, -0.05) is 60.7 Å². The number of thioether (sulfide) groups is 1. The predicted octanol–water partition coefficient (Wildman–Crippen LogP) is 4.74. The molecule has 3 aromatic rings. The van der Waals surface area contributed by atoms with Crippen molar-refractivity contribution in [2.24, 2.45) is 0 Å². The Morgan fingerprint density at radius 2 is 1.75 bits per heavy atom. The molecule has 0 spiro atoms. The van der Waals surface area contributed by atoms with E-state index in [9.17, 15) is 4.79 Å². The number of carbonyl (C=O) groups is 1. The molecule has 1 aromatic heterocycles. The second kappa shape index (κ2) is 6.21. The molecule has 3 nitrogen and oxygen atoms in total. The van der Waals surface area contributed by atoms with Crippen LogP contribution in [0.25, 0.3) is 11.3 Å². The molecule has 4 heteroatoms. The molecular formula is C20H17NO2S. The van der Waals surface area contributed by atoms with Gasteiger partial charge in [0, 0.05) is 11.4 Å². The van der Waals surface area contributed by atoms with Crippen LogP contribution in [-0.2, 0) is 10.5 Å². The molecule has 0 saturated heterocycles. The summed E-state index contributed by atoms with van der Waals surface area (Å²) in [5.74, 6) is 0.534. The van der Waals surface area contributed by atoms with Crippen LogP contribution in [0.15, 0.2) is 66.7 Å². The van der Waals surface area contributed by atoms with Crippen molar-refractivity contribution in [1.82, 2.24) is 4.57 Å². The van der Waals surface area contributed by atoms with E-state index < -0.39 is 0 Å². The van der Waals surface area contributed by atoms with Crippen molar-refractivity contribution >= 4 is 17.7 Å². The first-order chi connectivity index (χ1) is 11.8.